The molecule has 0 fully saturated rings. The van der Waals surface area contributed by atoms with E-state index in [2.05, 4.69) is 65.1 Å². The van der Waals surface area contributed by atoms with E-state index in [1.165, 1.54) is 17.3 Å². The average Bonchev–Trinajstić information content (AvgIpc) is 3.14. The molecule has 1 heterocycles. The standard InChI is InChI=1S/C22H26N4OS/c1-4-26-21(19-12-10-18(11-13-19)16(2)3)24-25-22(26)28-15-20(27)23-14-17-8-6-5-7-9-17/h5-13,16H,4,14-15H2,1-3H3,(H,23,27). The monoisotopic (exact) mass is 394 g/mol. The van der Waals surface area contributed by atoms with Crippen molar-refractivity contribution in [2.24, 2.45) is 0 Å². The Labute approximate surface area is 170 Å². The smallest absolute Gasteiger partial charge is 0.230 e. The number of nitrogens with zero attached hydrogens (tertiary/aromatic N) is 3. The fourth-order valence-corrected chi connectivity index (χ4v) is 3.72. The molecule has 146 valence electrons. The molecule has 2 aromatic carbocycles. The van der Waals surface area contributed by atoms with Gasteiger partial charge in [-0.1, -0.05) is 80.2 Å². The highest BCUT2D eigenvalue weighted by molar-refractivity contribution is 7.99. The molecule has 0 aliphatic rings. The highest BCUT2D eigenvalue weighted by Gasteiger charge is 2.15. The second-order valence-electron chi connectivity index (χ2n) is 6.88. The van der Waals surface area contributed by atoms with E-state index in [9.17, 15) is 4.79 Å². The van der Waals surface area contributed by atoms with E-state index in [1.54, 1.807) is 0 Å². The van der Waals surface area contributed by atoms with Crippen LogP contribution in [0.2, 0.25) is 0 Å². The zero-order valence-corrected chi connectivity index (χ0v) is 17.4. The van der Waals surface area contributed by atoms with E-state index in [0.717, 1.165) is 28.7 Å². The molecule has 0 radical (unpaired) electrons. The number of carbonyl (C=O) groups excluding carboxylic acids is 1. The van der Waals surface area contributed by atoms with Gasteiger partial charge in [0.15, 0.2) is 11.0 Å². The van der Waals surface area contributed by atoms with Gasteiger partial charge < -0.3 is 9.88 Å². The van der Waals surface area contributed by atoms with Crippen LogP contribution < -0.4 is 5.32 Å². The molecule has 0 saturated carbocycles. The van der Waals surface area contributed by atoms with Crippen molar-refractivity contribution in [1.82, 2.24) is 20.1 Å². The van der Waals surface area contributed by atoms with Crippen LogP contribution in [0.25, 0.3) is 11.4 Å². The summed E-state index contributed by atoms with van der Waals surface area (Å²) >= 11 is 1.42. The van der Waals surface area contributed by atoms with Crippen LogP contribution in [-0.2, 0) is 17.9 Å². The Morgan fingerprint density at radius 1 is 1.07 bits per heavy atom. The van der Waals surface area contributed by atoms with Gasteiger partial charge in [-0.05, 0) is 24.0 Å². The van der Waals surface area contributed by atoms with Gasteiger partial charge in [-0.25, -0.2) is 0 Å². The Morgan fingerprint density at radius 3 is 2.43 bits per heavy atom. The van der Waals surface area contributed by atoms with Crippen molar-refractivity contribution >= 4 is 17.7 Å². The van der Waals surface area contributed by atoms with E-state index in [0.29, 0.717) is 18.2 Å². The Kier molecular flexibility index (Phi) is 6.87. The molecule has 0 aliphatic heterocycles. The number of rotatable bonds is 8. The van der Waals surface area contributed by atoms with Crippen LogP contribution in [0.5, 0.6) is 0 Å². The van der Waals surface area contributed by atoms with E-state index >= 15 is 0 Å². The van der Waals surface area contributed by atoms with Gasteiger partial charge in [0.1, 0.15) is 0 Å². The van der Waals surface area contributed by atoms with Gasteiger partial charge in [-0.15, -0.1) is 10.2 Å². The third kappa shape index (κ3) is 5.01. The SMILES string of the molecule is CCn1c(SCC(=O)NCc2ccccc2)nnc1-c1ccc(C(C)C)cc1. The fourth-order valence-electron chi connectivity index (χ4n) is 2.89. The van der Waals surface area contributed by atoms with E-state index in [1.807, 2.05) is 30.3 Å². The average molecular weight is 395 g/mol. The fraction of sp³-hybridized carbons (Fsp3) is 0.318. The van der Waals surface area contributed by atoms with Crippen molar-refractivity contribution in [3.8, 4) is 11.4 Å². The van der Waals surface area contributed by atoms with Crippen LogP contribution in [0.15, 0.2) is 59.8 Å². The molecule has 0 aliphatic carbocycles. The third-order valence-corrected chi connectivity index (χ3v) is 5.50. The Morgan fingerprint density at radius 2 is 1.79 bits per heavy atom. The number of nitrogens with one attached hydrogen (secondary N) is 1. The van der Waals surface area contributed by atoms with Crippen molar-refractivity contribution in [2.45, 2.75) is 44.9 Å². The molecule has 1 amide bonds. The lowest BCUT2D eigenvalue weighted by Gasteiger charge is -2.09. The summed E-state index contributed by atoms with van der Waals surface area (Å²) < 4.78 is 2.06. The molecule has 0 saturated heterocycles. The summed E-state index contributed by atoms with van der Waals surface area (Å²) in [5, 5.41) is 12.4. The summed E-state index contributed by atoms with van der Waals surface area (Å²) in [7, 11) is 0. The summed E-state index contributed by atoms with van der Waals surface area (Å²) in [5.74, 6) is 1.64. The van der Waals surface area contributed by atoms with Crippen molar-refractivity contribution in [1.29, 1.82) is 0 Å². The van der Waals surface area contributed by atoms with Crippen LogP contribution in [0.4, 0.5) is 0 Å². The zero-order chi connectivity index (χ0) is 19.9. The number of benzene rings is 2. The molecule has 0 bridgehead atoms. The summed E-state index contributed by atoms with van der Waals surface area (Å²) in [6.07, 6.45) is 0. The molecule has 28 heavy (non-hydrogen) atoms. The topological polar surface area (TPSA) is 59.8 Å². The number of hydrogen-bond acceptors (Lipinski definition) is 4. The number of hydrogen-bond donors (Lipinski definition) is 1. The molecule has 6 heteroatoms. The molecule has 1 N–H and O–H groups in total. The van der Waals surface area contributed by atoms with Crippen LogP contribution in [0.1, 0.15) is 37.8 Å². The maximum Gasteiger partial charge on any atom is 0.230 e. The van der Waals surface area contributed by atoms with Crippen molar-refractivity contribution in [2.75, 3.05) is 5.75 Å². The highest BCUT2D eigenvalue weighted by atomic mass is 32.2. The molecule has 0 unspecified atom stereocenters. The largest absolute Gasteiger partial charge is 0.351 e. The summed E-state index contributed by atoms with van der Waals surface area (Å²) in [5.41, 5.74) is 3.43. The lowest BCUT2D eigenvalue weighted by atomic mass is 10.0. The molecule has 1 aromatic heterocycles. The molecule has 3 rings (SSSR count). The lowest BCUT2D eigenvalue weighted by Crippen LogP contribution is -2.24. The summed E-state index contributed by atoms with van der Waals surface area (Å²) in [6, 6.07) is 18.4. The first kappa shape index (κ1) is 20.1. The van der Waals surface area contributed by atoms with Crippen LogP contribution in [-0.4, -0.2) is 26.4 Å². The van der Waals surface area contributed by atoms with Crippen LogP contribution in [0.3, 0.4) is 0 Å². The third-order valence-electron chi connectivity index (χ3n) is 4.53. The van der Waals surface area contributed by atoms with Gasteiger partial charge in [0.05, 0.1) is 5.75 Å². The highest BCUT2D eigenvalue weighted by Crippen LogP contribution is 2.25. The maximum atomic E-state index is 12.2. The molecular weight excluding hydrogens is 368 g/mol. The number of aromatic nitrogens is 3. The molecule has 5 nitrogen and oxygen atoms in total. The van der Waals surface area contributed by atoms with Gasteiger partial charge in [0.25, 0.3) is 0 Å². The number of thioether (sulfide) groups is 1. The first-order chi connectivity index (χ1) is 13.6. The Bertz CT molecular complexity index is 904. The van der Waals surface area contributed by atoms with Gasteiger partial charge in [0.2, 0.25) is 5.91 Å². The van der Waals surface area contributed by atoms with Crippen molar-refractivity contribution in [3.05, 3.63) is 65.7 Å². The molecule has 0 spiro atoms. The summed E-state index contributed by atoms with van der Waals surface area (Å²) in [4.78, 5) is 12.2. The quantitative estimate of drug-likeness (QED) is 0.572. The lowest BCUT2D eigenvalue weighted by molar-refractivity contribution is -0.118. The van der Waals surface area contributed by atoms with E-state index in [4.69, 9.17) is 0 Å². The number of carbonyl (C=O) groups is 1. The second-order valence-corrected chi connectivity index (χ2v) is 7.82. The first-order valence-corrected chi connectivity index (χ1v) is 10.5. The van der Waals surface area contributed by atoms with E-state index in [-0.39, 0.29) is 5.91 Å². The second kappa shape index (κ2) is 9.55. The minimum atomic E-state index is -0.0117. The molecule has 0 atom stereocenters. The normalized spacial score (nSPS) is 11.0. The minimum absolute atomic E-state index is 0.0117. The first-order valence-electron chi connectivity index (χ1n) is 9.55. The Hall–Kier alpha value is -2.60. The van der Waals surface area contributed by atoms with Crippen LogP contribution in [0, 0.1) is 0 Å². The molecule has 3 aromatic rings. The number of amides is 1. The zero-order valence-electron chi connectivity index (χ0n) is 16.6. The Balaban J connectivity index is 1.62. The van der Waals surface area contributed by atoms with Gasteiger partial charge in [-0.3, -0.25) is 4.79 Å². The predicted octanol–water partition coefficient (Wildman–Crippen LogP) is 4.50. The van der Waals surface area contributed by atoms with Crippen LogP contribution >= 0.6 is 11.8 Å². The van der Waals surface area contributed by atoms with Gasteiger partial charge in [-0.2, -0.15) is 0 Å². The molecular formula is C22H26N4OS. The predicted molar refractivity (Wildman–Crippen MR) is 114 cm³/mol. The van der Waals surface area contributed by atoms with Gasteiger partial charge >= 0.3 is 0 Å². The summed E-state index contributed by atoms with van der Waals surface area (Å²) in [6.45, 7) is 7.72. The van der Waals surface area contributed by atoms with Crippen molar-refractivity contribution < 1.29 is 4.79 Å². The van der Waals surface area contributed by atoms with Gasteiger partial charge in [0, 0.05) is 18.7 Å². The van der Waals surface area contributed by atoms with E-state index < -0.39 is 0 Å². The minimum Gasteiger partial charge on any atom is -0.351 e. The van der Waals surface area contributed by atoms with Crippen molar-refractivity contribution in [3.63, 3.8) is 0 Å². The maximum absolute atomic E-state index is 12.2.